The predicted molar refractivity (Wildman–Crippen MR) is 54.3 cm³/mol. The lowest BCUT2D eigenvalue weighted by atomic mass is 10.1. The first-order chi connectivity index (χ1) is 6.20. The van der Waals surface area contributed by atoms with Gasteiger partial charge in [-0.05, 0) is 6.42 Å². The molecule has 0 aliphatic carbocycles. The van der Waals surface area contributed by atoms with Crippen molar-refractivity contribution in [1.29, 1.82) is 0 Å². The third-order valence-electron chi connectivity index (χ3n) is 1.91. The van der Waals surface area contributed by atoms with Crippen LogP contribution in [-0.2, 0) is 0 Å². The zero-order valence-corrected chi connectivity index (χ0v) is 8.60. The maximum Gasteiger partial charge on any atom is 0.315 e. The van der Waals surface area contributed by atoms with Crippen molar-refractivity contribution in [3.63, 3.8) is 0 Å². The SMILES string of the molecule is CCCCCCC(N)NC(=O)NC. The molecule has 4 heteroatoms. The first-order valence-corrected chi connectivity index (χ1v) is 4.94. The second kappa shape index (κ2) is 7.86. The molecule has 4 N–H and O–H groups in total. The van der Waals surface area contributed by atoms with Crippen molar-refractivity contribution in [2.45, 2.75) is 45.2 Å². The van der Waals surface area contributed by atoms with Crippen LogP contribution in [0.1, 0.15) is 39.0 Å². The first kappa shape index (κ1) is 12.2. The number of hydrogen-bond acceptors (Lipinski definition) is 2. The second-order valence-corrected chi connectivity index (χ2v) is 3.18. The number of amides is 2. The van der Waals surface area contributed by atoms with Gasteiger partial charge in [-0.15, -0.1) is 0 Å². The monoisotopic (exact) mass is 187 g/mol. The maximum absolute atomic E-state index is 10.8. The fourth-order valence-electron chi connectivity index (χ4n) is 1.10. The predicted octanol–water partition coefficient (Wildman–Crippen LogP) is 1.17. The van der Waals surface area contributed by atoms with Crippen molar-refractivity contribution >= 4 is 6.03 Å². The molecule has 0 rings (SSSR count). The molecule has 0 saturated carbocycles. The van der Waals surface area contributed by atoms with Gasteiger partial charge in [-0.1, -0.05) is 32.6 Å². The number of nitrogens with one attached hydrogen (secondary N) is 2. The maximum atomic E-state index is 10.8. The van der Waals surface area contributed by atoms with Crippen molar-refractivity contribution in [1.82, 2.24) is 10.6 Å². The number of unbranched alkanes of at least 4 members (excludes halogenated alkanes) is 3. The van der Waals surface area contributed by atoms with Crippen LogP contribution in [0.2, 0.25) is 0 Å². The van der Waals surface area contributed by atoms with Gasteiger partial charge in [0.2, 0.25) is 0 Å². The standard InChI is InChI=1S/C9H21N3O/c1-3-4-5-6-7-8(10)12-9(13)11-2/h8H,3-7,10H2,1-2H3,(H2,11,12,13). The van der Waals surface area contributed by atoms with Crippen LogP contribution in [0.5, 0.6) is 0 Å². The highest BCUT2D eigenvalue weighted by Gasteiger charge is 2.04. The first-order valence-electron chi connectivity index (χ1n) is 4.94. The van der Waals surface area contributed by atoms with Crippen molar-refractivity contribution < 1.29 is 4.79 Å². The van der Waals surface area contributed by atoms with Gasteiger partial charge in [0.1, 0.15) is 0 Å². The molecule has 0 aliphatic heterocycles. The highest BCUT2D eigenvalue weighted by Crippen LogP contribution is 2.02. The molecule has 0 aliphatic rings. The van der Waals surface area contributed by atoms with Crippen LogP contribution in [0, 0.1) is 0 Å². The Morgan fingerprint density at radius 3 is 2.62 bits per heavy atom. The summed E-state index contributed by atoms with van der Waals surface area (Å²) in [6.07, 6.45) is 5.38. The lowest BCUT2D eigenvalue weighted by molar-refractivity contribution is 0.238. The third kappa shape index (κ3) is 7.59. The van der Waals surface area contributed by atoms with Crippen LogP contribution < -0.4 is 16.4 Å². The minimum Gasteiger partial charge on any atom is -0.341 e. The molecule has 2 amide bonds. The van der Waals surface area contributed by atoms with E-state index in [1.54, 1.807) is 7.05 Å². The minimum absolute atomic E-state index is 0.206. The molecular weight excluding hydrogens is 166 g/mol. The molecule has 0 bridgehead atoms. The van der Waals surface area contributed by atoms with E-state index in [4.69, 9.17) is 5.73 Å². The zero-order valence-electron chi connectivity index (χ0n) is 8.60. The van der Waals surface area contributed by atoms with Crippen LogP contribution in [-0.4, -0.2) is 19.2 Å². The van der Waals surface area contributed by atoms with E-state index in [2.05, 4.69) is 17.6 Å². The summed E-state index contributed by atoms with van der Waals surface area (Å²) in [5, 5.41) is 5.10. The molecule has 0 saturated heterocycles. The number of carbonyl (C=O) groups excluding carboxylic acids is 1. The van der Waals surface area contributed by atoms with Crippen LogP contribution in [0.25, 0.3) is 0 Å². The zero-order chi connectivity index (χ0) is 10.1. The topological polar surface area (TPSA) is 67.1 Å². The Morgan fingerprint density at radius 2 is 2.08 bits per heavy atom. The molecule has 0 aromatic carbocycles. The van der Waals surface area contributed by atoms with Crippen molar-refractivity contribution in [3.8, 4) is 0 Å². The molecule has 1 unspecified atom stereocenters. The van der Waals surface area contributed by atoms with Crippen molar-refractivity contribution in [3.05, 3.63) is 0 Å². The van der Waals surface area contributed by atoms with Gasteiger partial charge in [-0.3, -0.25) is 0 Å². The Labute approximate surface area is 80.3 Å². The molecule has 78 valence electrons. The summed E-state index contributed by atoms with van der Waals surface area (Å²) in [5.74, 6) is 0. The van der Waals surface area contributed by atoms with E-state index in [1.807, 2.05) is 0 Å². The number of rotatable bonds is 6. The lowest BCUT2D eigenvalue weighted by Crippen LogP contribution is -2.45. The number of hydrogen-bond donors (Lipinski definition) is 3. The number of urea groups is 1. The normalized spacial score (nSPS) is 12.2. The minimum atomic E-state index is -0.211. The van der Waals surface area contributed by atoms with E-state index >= 15 is 0 Å². The molecule has 1 atom stereocenters. The lowest BCUT2D eigenvalue weighted by Gasteiger charge is -2.12. The largest absolute Gasteiger partial charge is 0.341 e. The van der Waals surface area contributed by atoms with E-state index in [-0.39, 0.29) is 12.2 Å². The Morgan fingerprint density at radius 1 is 1.38 bits per heavy atom. The Bertz CT molecular complexity index is 139. The Kier molecular flexibility index (Phi) is 7.39. The van der Waals surface area contributed by atoms with Gasteiger partial charge in [0, 0.05) is 7.05 Å². The summed E-state index contributed by atoms with van der Waals surface area (Å²) in [6, 6.07) is -0.206. The molecule has 0 aromatic heterocycles. The molecule has 4 nitrogen and oxygen atoms in total. The fourth-order valence-corrected chi connectivity index (χ4v) is 1.10. The summed E-state index contributed by atoms with van der Waals surface area (Å²) in [5.41, 5.74) is 5.66. The fraction of sp³-hybridized carbons (Fsp3) is 0.889. The quantitative estimate of drug-likeness (QED) is 0.431. The number of nitrogens with two attached hydrogens (primary N) is 1. The average Bonchev–Trinajstić information content (AvgIpc) is 2.12. The molecule has 13 heavy (non-hydrogen) atoms. The van der Waals surface area contributed by atoms with Crippen LogP contribution in [0.3, 0.4) is 0 Å². The molecule has 0 fully saturated rings. The van der Waals surface area contributed by atoms with Gasteiger partial charge in [0.25, 0.3) is 0 Å². The molecule has 0 aromatic rings. The Balaban J connectivity index is 3.29. The highest BCUT2D eigenvalue weighted by molar-refractivity contribution is 5.73. The summed E-state index contributed by atoms with van der Waals surface area (Å²) in [7, 11) is 1.58. The van der Waals surface area contributed by atoms with Gasteiger partial charge >= 0.3 is 6.03 Å². The van der Waals surface area contributed by atoms with Crippen LogP contribution in [0.4, 0.5) is 4.79 Å². The number of carbonyl (C=O) groups is 1. The molecule has 0 heterocycles. The molecular formula is C9H21N3O. The van der Waals surface area contributed by atoms with E-state index < -0.39 is 0 Å². The van der Waals surface area contributed by atoms with E-state index in [0.717, 1.165) is 12.8 Å². The summed E-state index contributed by atoms with van der Waals surface area (Å²) in [4.78, 5) is 10.8. The molecule has 0 spiro atoms. The van der Waals surface area contributed by atoms with Crippen molar-refractivity contribution in [2.75, 3.05) is 7.05 Å². The summed E-state index contributed by atoms with van der Waals surface area (Å²) in [6.45, 7) is 2.17. The molecule has 0 radical (unpaired) electrons. The summed E-state index contributed by atoms with van der Waals surface area (Å²) >= 11 is 0. The van der Waals surface area contributed by atoms with Crippen LogP contribution >= 0.6 is 0 Å². The van der Waals surface area contributed by atoms with Gasteiger partial charge in [-0.25, -0.2) is 4.79 Å². The van der Waals surface area contributed by atoms with Gasteiger partial charge < -0.3 is 16.4 Å². The smallest absolute Gasteiger partial charge is 0.315 e. The van der Waals surface area contributed by atoms with E-state index in [1.165, 1.54) is 19.3 Å². The average molecular weight is 187 g/mol. The highest BCUT2D eigenvalue weighted by atomic mass is 16.2. The van der Waals surface area contributed by atoms with E-state index in [0.29, 0.717) is 0 Å². The van der Waals surface area contributed by atoms with Gasteiger partial charge in [-0.2, -0.15) is 0 Å². The van der Waals surface area contributed by atoms with Gasteiger partial charge in [0.15, 0.2) is 0 Å². The second-order valence-electron chi connectivity index (χ2n) is 3.18. The Hall–Kier alpha value is -0.770. The van der Waals surface area contributed by atoms with Crippen molar-refractivity contribution in [2.24, 2.45) is 5.73 Å². The third-order valence-corrected chi connectivity index (χ3v) is 1.91. The van der Waals surface area contributed by atoms with Gasteiger partial charge in [0.05, 0.1) is 6.17 Å². The van der Waals surface area contributed by atoms with Crippen LogP contribution in [0.15, 0.2) is 0 Å². The van der Waals surface area contributed by atoms with E-state index in [9.17, 15) is 4.79 Å². The summed E-state index contributed by atoms with van der Waals surface area (Å²) < 4.78 is 0.